The van der Waals surface area contributed by atoms with E-state index < -0.39 is 11.5 Å². The lowest BCUT2D eigenvalue weighted by atomic mass is 9.93. The molecule has 0 unspecified atom stereocenters. The van der Waals surface area contributed by atoms with Gasteiger partial charge in [-0.2, -0.15) is 0 Å². The Morgan fingerprint density at radius 3 is 2.68 bits per heavy atom. The van der Waals surface area contributed by atoms with E-state index in [4.69, 9.17) is 0 Å². The summed E-state index contributed by atoms with van der Waals surface area (Å²) in [5, 5.41) is 2.80. The van der Waals surface area contributed by atoms with Crippen LogP contribution in [-0.4, -0.2) is 16.7 Å². The summed E-state index contributed by atoms with van der Waals surface area (Å²) >= 11 is 0. The van der Waals surface area contributed by atoms with E-state index in [2.05, 4.69) is 22.4 Å². The molecule has 2 aromatic rings. The quantitative estimate of drug-likeness (QED) is 0.903. The molecule has 0 fully saturated rings. The minimum absolute atomic E-state index is 0.00910. The molecule has 0 bridgehead atoms. The fourth-order valence-corrected chi connectivity index (χ4v) is 3.76. The number of aromatic nitrogens is 1. The van der Waals surface area contributed by atoms with E-state index in [9.17, 15) is 14.4 Å². The summed E-state index contributed by atoms with van der Waals surface area (Å²) in [7, 11) is 0. The molecule has 5 heteroatoms. The Kier molecular flexibility index (Phi) is 3.99. The Balaban J connectivity index is 1.52. The first kappa shape index (κ1) is 15.8. The van der Waals surface area contributed by atoms with E-state index in [1.807, 2.05) is 6.07 Å². The molecule has 0 atom stereocenters. The number of pyridine rings is 1. The van der Waals surface area contributed by atoms with Gasteiger partial charge in [0.25, 0.3) is 11.5 Å². The summed E-state index contributed by atoms with van der Waals surface area (Å²) in [6.45, 7) is 0.372. The van der Waals surface area contributed by atoms with Crippen molar-refractivity contribution in [2.45, 2.75) is 45.1 Å². The van der Waals surface area contributed by atoms with Crippen molar-refractivity contribution in [3.8, 4) is 0 Å². The number of H-pyrrole nitrogens is 1. The van der Waals surface area contributed by atoms with Crippen LogP contribution in [0.15, 0.2) is 29.1 Å². The van der Waals surface area contributed by atoms with Gasteiger partial charge in [-0.15, -0.1) is 0 Å². The molecule has 0 aliphatic heterocycles. The zero-order valence-corrected chi connectivity index (χ0v) is 14.0. The van der Waals surface area contributed by atoms with E-state index in [-0.39, 0.29) is 11.3 Å². The molecule has 5 nitrogen and oxygen atoms in total. The molecule has 25 heavy (non-hydrogen) atoms. The van der Waals surface area contributed by atoms with Crippen molar-refractivity contribution in [2.75, 3.05) is 0 Å². The van der Waals surface area contributed by atoms with Gasteiger partial charge in [-0.3, -0.25) is 14.4 Å². The molecule has 2 aliphatic rings. The van der Waals surface area contributed by atoms with Crippen molar-refractivity contribution in [3.05, 3.63) is 68.1 Å². The molecule has 0 spiro atoms. The fraction of sp³-hybridized carbons (Fsp3) is 0.350. The third-order valence-electron chi connectivity index (χ3n) is 5.11. The highest BCUT2D eigenvalue weighted by atomic mass is 16.2. The molecule has 1 aromatic heterocycles. The number of nitrogens with one attached hydrogen (secondary N) is 2. The van der Waals surface area contributed by atoms with Crippen LogP contribution in [0.5, 0.6) is 0 Å². The third kappa shape index (κ3) is 3.02. The second-order valence-electron chi connectivity index (χ2n) is 6.82. The predicted octanol–water partition coefficient (Wildman–Crippen LogP) is 2.31. The molecular weight excluding hydrogens is 316 g/mol. The highest BCUT2D eigenvalue weighted by Gasteiger charge is 2.22. The maximum Gasteiger partial charge on any atom is 0.261 e. The number of hydrogen-bond donors (Lipinski definition) is 2. The third-order valence-corrected chi connectivity index (χ3v) is 5.11. The average Bonchev–Trinajstić information content (AvgIpc) is 3.07. The first-order chi connectivity index (χ1) is 12.1. The van der Waals surface area contributed by atoms with Crippen molar-refractivity contribution in [1.82, 2.24) is 10.3 Å². The van der Waals surface area contributed by atoms with Crippen molar-refractivity contribution in [1.29, 1.82) is 0 Å². The Labute approximate surface area is 145 Å². The van der Waals surface area contributed by atoms with E-state index >= 15 is 0 Å². The van der Waals surface area contributed by atoms with E-state index in [1.165, 1.54) is 23.6 Å². The topological polar surface area (TPSA) is 79.0 Å². The number of rotatable bonds is 3. The predicted molar refractivity (Wildman–Crippen MR) is 94.0 cm³/mol. The Hall–Kier alpha value is -2.69. The number of Topliss-reactive ketones (excluding diaryl/α,β-unsaturated/α-hetero) is 1. The number of fused-ring (bicyclic) bond motifs is 2. The largest absolute Gasteiger partial charge is 0.348 e. The van der Waals surface area contributed by atoms with Gasteiger partial charge in [0.05, 0.1) is 0 Å². The fourth-order valence-electron chi connectivity index (χ4n) is 3.76. The minimum Gasteiger partial charge on any atom is -0.348 e. The van der Waals surface area contributed by atoms with Crippen LogP contribution in [0.3, 0.4) is 0 Å². The summed E-state index contributed by atoms with van der Waals surface area (Å²) in [6.07, 6.45) is 5.28. The van der Waals surface area contributed by atoms with Gasteiger partial charge in [-0.1, -0.05) is 18.2 Å². The lowest BCUT2D eigenvalue weighted by Gasteiger charge is -2.15. The summed E-state index contributed by atoms with van der Waals surface area (Å²) in [5.74, 6) is -0.451. The summed E-state index contributed by atoms with van der Waals surface area (Å²) in [4.78, 5) is 39.3. The first-order valence-electron chi connectivity index (χ1n) is 8.80. The highest BCUT2D eigenvalue weighted by molar-refractivity contribution is 6.01. The van der Waals surface area contributed by atoms with Crippen LogP contribution < -0.4 is 10.9 Å². The molecule has 0 saturated heterocycles. The SMILES string of the molecule is O=C1CCCc2[nH]c(=O)c(C(=O)NCc3ccc4c(c3)CCC4)cc21. The number of ketones is 1. The van der Waals surface area contributed by atoms with Gasteiger partial charge in [0.2, 0.25) is 0 Å². The van der Waals surface area contributed by atoms with Crippen molar-refractivity contribution in [3.63, 3.8) is 0 Å². The molecule has 1 heterocycles. The zero-order chi connectivity index (χ0) is 17.4. The molecular formula is C20H20N2O3. The van der Waals surface area contributed by atoms with Gasteiger partial charge in [-0.25, -0.2) is 0 Å². The van der Waals surface area contributed by atoms with E-state index in [0.717, 1.165) is 24.8 Å². The maximum absolute atomic E-state index is 12.4. The number of benzene rings is 1. The molecule has 1 amide bonds. The van der Waals surface area contributed by atoms with Crippen LogP contribution in [0.2, 0.25) is 0 Å². The number of hydrogen-bond acceptors (Lipinski definition) is 3. The number of amides is 1. The van der Waals surface area contributed by atoms with Crippen molar-refractivity contribution >= 4 is 11.7 Å². The molecule has 0 radical (unpaired) electrons. The average molecular weight is 336 g/mol. The lowest BCUT2D eigenvalue weighted by molar-refractivity contribution is 0.0949. The first-order valence-corrected chi connectivity index (χ1v) is 8.80. The van der Waals surface area contributed by atoms with Crippen LogP contribution in [0, 0.1) is 0 Å². The smallest absolute Gasteiger partial charge is 0.261 e. The summed E-state index contributed by atoms with van der Waals surface area (Å²) in [5.41, 5.74) is 4.48. The second kappa shape index (κ2) is 6.31. The van der Waals surface area contributed by atoms with Gasteiger partial charge < -0.3 is 10.3 Å². The Morgan fingerprint density at radius 2 is 1.80 bits per heavy atom. The normalized spacial score (nSPS) is 15.6. The van der Waals surface area contributed by atoms with Gasteiger partial charge in [0.15, 0.2) is 5.78 Å². The Morgan fingerprint density at radius 1 is 1.00 bits per heavy atom. The number of aromatic amines is 1. The maximum atomic E-state index is 12.4. The van der Waals surface area contributed by atoms with E-state index in [1.54, 1.807) is 0 Å². The van der Waals surface area contributed by atoms with Gasteiger partial charge >= 0.3 is 0 Å². The summed E-state index contributed by atoms with van der Waals surface area (Å²) < 4.78 is 0. The zero-order valence-electron chi connectivity index (χ0n) is 14.0. The number of carbonyl (C=O) groups is 2. The highest BCUT2D eigenvalue weighted by Crippen LogP contribution is 2.23. The van der Waals surface area contributed by atoms with Crippen LogP contribution in [0.1, 0.15) is 62.4 Å². The summed E-state index contributed by atoms with van der Waals surface area (Å²) in [6, 6.07) is 7.72. The van der Waals surface area contributed by atoms with Gasteiger partial charge in [0, 0.05) is 24.2 Å². The minimum atomic E-state index is -0.442. The van der Waals surface area contributed by atoms with Crippen molar-refractivity contribution < 1.29 is 9.59 Å². The van der Waals surface area contributed by atoms with Crippen molar-refractivity contribution in [2.24, 2.45) is 0 Å². The molecule has 128 valence electrons. The molecule has 2 aliphatic carbocycles. The van der Waals surface area contributed by atoms with E-state index in [0.29, 0.717) is 30.6 Å². The van der Waals surface area contributed by atoms with Gasteiger partial charge in [-0.05, 0) is 54.9 Å². The van der Waals surface area contributed by atoms with Crippen LogP contribution in [0.4, 0.5) is 0 Å². The lowest BCUT2D eigenvalue weighted by Crippen LogP contribution is -2.31. The number of aryl methyl sites for hydroxylation is 3. The van der Waals surface area contributed by atoms with Gasteiger partial charge in [0.1, 0.15) is 5.56 Å². The number of carbonyl (C=O) groups excluding carboxylic acids is 2. The molecule has 0 saturated carbocycles. The Bertz CT molecular complexity index is 927. The standard InChI is InChI=1S/C20H20N2O3/c23-18-6-2-5-17-15(18)10-16(20(25)22-17)19(24)21-11-12-7-8-13-3-1-4-14(13)9-12/h7-10H,1-6,11H2,(H,21,24)(H,22,25). The van der Waals surface area contributed by atoms with Crippen LogP contribution >= 0.6 is 0 Å². The van der Waals surface area contributed by atoms with Crippen LogP contribution in [-0.2, 0) is 25.8 Å². The molecule has 1 aromatic carbocycles. The second-order valence-corrected chi connectivity index (χ2v) is 6.82. The molecule has 2 N–H and O–H groups in total. The molecule has 4 rings (SSSR count). The monoisotopic (exact) mass is 336 g/mol. The van der Waals surface area contributed by atoms with Crippen LogP contribution in [0.25, 0.3) is 0 Å².